The van der Waals surface area contributed by atoms with E-state index in [4.69, 9.17) is 14.4 Å². The molecule has 2 N–H and O–H groups in total. The van der Waals surface area contributed by atoms with Crippen LogP contribution in [0.3, 0.4) is 0 Å². The van der Waals surface area contributed by atoms with Gasteiger partial charge in [0.1, 0.15) is 11.6 Å². The van der Waals surface area contributed by atoms with Gasteiger partial charge in [0.2, 0.25) is 17.7 Å². The molecule has 2 fully saturated rings. The second-order valence-corrected chi connectivity index (χ2v) is 13.6. The van der Waals surface area contributed by atoms with Gasteiger partial charge in [0.05, 0.1) is 53.2 Å². The van der Waals surface area contributed by atoms with Crippen molar-refractivity contribution in [3.63, 3.8) is 0 Å². The number of aromatic amines is 2. The standard InChI is InChI=1S/C41H37N7O3/c49-37(21-26-9-3-1-4-10-26)47-19-7-13-34(47)39-43-30-17-15-28(23-32(30)45-39)36-25-42-41(51-36)29-16-18-31-33(24-29)46-40(44-31)35-14-8-20-48(35)38(50)22-27-11-5-2-6-12-27/h1-6,9-12,15-18,23-25,34-35H,7-8,13-14,19-22H2,(H,43,45)(H,44,46)/t34-,35-/m0/s1. The number of aromatic nitrogens is 5. The van der Waals surface area contributed by atoms with Gasteiger partial charge in [0.15, 0.2) is 5.76 Å². The summed E-state index contributed by atoms with van der Waals surface area (Å²) in [5.41, 5.74) is 7.20. The fourth-order valence-corrected chi connectivity index (χ4v) is 7.64. The number of carbonyl (C=O) groups is 2. The molecule has 0 spiro atoms. The van der Waals surface area contributed by atoms with Crippen LogP contribution in [0, 0.1) is 0 Å². The summed E-state index contributed by atoms with van der Waals surface area (Å²) in [5.74, 6) is 3.02. The fraction of sp³-hybridized carbons (Fsp3) is 0.244. The van der Waals surface area contributed by atoms with E-state index in [1.807, 2.05) is 107 Å². The maximum absolute atomic E-state index is 13.2. The minimum absolute atomic E-state index is 0.0709. The van der Waals surface area contributed by atoms with E-state index in [0.717, 1.165) is 94.7 Å². The molecule has 2 saturated heterocycles. The third-order valence-electron chi connectivity index (χ3n) is 10.2. The second-order valence-electron chi connectivity index (χ2n) is 13.6. The first-order valence-electron chi connectivity index (χ1n) is 17.7. The Bertz CT molecular complexity index is 2200. The Labute approximate surface area is 294 Å². The molecule has 0 saturated carbocycles. The van der Waals surface area contributed by atoms with Gasteiger partial charge in [-0.1, -0.05) is 60.7 Å². The summed E-state index contributed by atoms with van der Waals surface area (Å²) in [6.07, 6.45) is 6.18. The molecule has 10 nitrogen and oxygen atoms in total. The Morgan fingerprint density at radius 2 is 1.18 bits per heavy atom. The van der Waals surface area contributed by atoms with Crippen molar-refractivity contribution in [2.45, 2.75) is 50.6 Å². The van der Waals surface area contributed by atoms with E-state index in [-0.39, 0.29) is 23.9 Å². The number of amides is 2. The first-order chi connectivity index (χ1) is 25.1. The molecule has 3 aromatic heterocycles. The number of rotatable bonds is 8. The lowest BCUT2D eigenvalue weighted by molar-refractivity contribution is -0.132. The van der Waals surface area contributed by atoms with E-state index in [1.54, 1.807) is 6.20 Å². The van der Waals surface area contributed by atoms with Gasteiger partial charge in [0.25, 0.3) is 0 Å². The van der Waals surface area contributed by atoms with Crippen LogP contribution in [0.5, 0.6) is 0 Å². The number of nitrogens with one attached hydrogen (secondary N) is 2. The van der Waals surface area contributed by atoms with Crippen LogP contribution >= 0.6 is 0 Å². The summed E-state index contributed by atoms with van der Waals surface area (Å²) >= 11 is 0. The third-order valence-corrected chi connectivity index (χ3v) is 10.2. The van der Waals surface area contributed by atoms with Gasteiger partial charge >= 0.3 is 0 Å². The molecule has 4 aromatic carbocycles. The zero-order chi connectivity index (χ0) is 34.3. The molecule has 10 heteroatoms. The topological polar surface area (TPSA) is 124 Å². The normalized spacial score (nSPS) is 17.6. The fourth-order valence-electron chi connectivity index (χ4n) is 7.64. The van der Waals surface area contributed by atoms with Gasteiger partial charge in [-0.3, -0.25) is 9.59 Å². The molecule has 0 bridgehead atoms. The van der Waals surface area contributed by atoms with Crippen LogP contribution in [-0.2, 0) is 22.4 Å². The number of nitrogens with zero attached hydrogens (tertiary/aromatic N) is 5. The largest absolute Gasteiger partial charge is 0.436 e. The van der Waals surface area contributed by atoms with Gasteiger partial charge in [0, 0.05) is 24.2 Å². The smallest absolute Gasteiger partial charge is 0.227 e. The van der Waals surface area contributed by atoms with E-state index in [9.17, 15) is 9.59 Å². The highest BCUT2D eigenvalue weighted by Gasteiger charge is 2.33. The number of benzene rings is 4. The van der Waals surface area contributed by atoms with Crippen LogP contribution in [0.25, 0.3) is 44.8 Å². The molecular weight excluding hydrogens is 638 g/mol. The van der Waals surface area contributed by atoms with E-state index < -0.39 is 0 Å². The summed E-state index contributed by atoms with van der Waals surface area (Å²) in [6, 6.07) is 31.6. The van der Waals surface area contributed by atoms with Crippen LogP contribution in [0.2, 0.25) is 0 Å². The first kappa shape index (κ1) is 31.0. The molecule has 7 aromatic rings. The molecule has 0 radical (unpaired) electrons. The number of carbonyl (C=O) groups excluding carboxylic acids is 2. The first-order valence-corrected chi connectivity index (χ1v) is 17.7. The maximum Gasteiger partial charge on any atom is 0.227 e. The van der Waals surface area contributed by atoms with Crippen molar-refractivity contribution < 1.29 is 14.0 Å². The van der Waals surface area contributed by atoms with Crippen molar-refractivity contribution in [3.8, 4) is 22.8 Å². The number of oxazole rings is 1. The summed E-state index contributed by atoms with van der Waals surface area (Å²) in [4.78, 5) is 51.8. The molecular formula is C41H37N7O3. The zero-order valence-electron chi connectivity index (χ0n) is 28.1. The number of likely N-dealkylation sites (tertiary alicyclic amines) is 2. The molecule has 2 aliphatic heterocycles. The number of H-pyrrole nitrogens is 2. The molecule has 5 heterocycles. The van der Waals surface area contributed by atoms with Crippen molar-refractivity contribution in [2.24, 2.45) is 0 Å². The predicted octanol–water partition coefficient (Wildman–Crippen LogP) is 7.57. The molecule has 51 heavy (non-hydrogen) atoms. The van der Waals surface area contributed by atoms with E-state index >= 15 is 0 Å². The Hall–Kier alpha value is -6.03. The number of fused-ring (bicyclic) bond motifs is 2. The van der Waals surface area contributed by atoms with Gasteiger partial charge in [-0.25, -0.2) is 15.0 Å². The highest BCUT2D eigenvalue weighted by molar-refractivity contribution is 5.84. The quantitative estimate of drug-likeness (QED) is 0.171. The lowest BCUT2D eigenvalue weighted by atomic mass is 10.1. The van der Waals surface area contributed by atoms with Gasteiger partial charge in [-0.2, -0.15) is 0 Å². The zero-order valence-corrected chi connectivity index (χ0v) is 28.1. The van der Waals surface area contributed by atoms with E-state index in [1.165, 1.54) is 0 Å². The summed E-state index contributed by atoms with van der Waals surface area (Å²) < 4.78 is 6.29. The highest BCUT2D eigenvalue weighted by atomic mass is 16.4. The molecule has 2 aliphatic rings. The Balaban J connectivity index is 0.917. The molecule has 2 amide bonds. The Morgan fingerprint density at radius 3 is 1.73 bits per heavy atom. The van der Waals surface area contributed by atoms with Crippen LogP contribution in [-0.4, -0.2) is 59.6 Å². The van der Waals surface area contributed by atoms with Crippen LogP contribution in [0.1, 0.15) is 60.5 Å². The number of hydrogen-bond donors (Lipinski definition) is 2. The maximum atomic E-state index is 13.2. The highest BCUT2D eigenvalue weighted by Crippen LogP contribution is 2.35. The summed E-state index contributed by atoms with van der Waals surface area (Å²) in [5, 5.41) is 0. The van der Waals surface area contributed by atoms with E-state index in [0.29, 0.717) is 24.5 Å². The summed E-state index contributed by atoms with van der Waals surface area (Å²) in [6.45, 7) is 1.47. The summed E-state index contributed by atoms with van der Waals surface area (Å²) in [7, 11) is 0. The minimum Gasteiger partial charge on any atom is -0.436 e. The van der Waals surface area contributed by atoms with Crippen LogP contribution in [0.4, 0.5) is 0 Å². The third kappa shape index (κ3) is 6.07. The number of hydrogen-bond acceptors (Lipinski definition) is 6. The monoisotopic (exact) mass is 675 g/mol. The van der Waals surface area contributed by atoms with E-state index in [2.05, 4.69) is 15.0 Å². The van der Waals surface area contributed by atoms with Crippen molar-refractivity contribution in [3.05, 3.63) is 126 Å². The molecule has 254 valence electrons. The Kier molecular flexibility index (Phi) is 7.91. The van der Waals surface area contributed by atoms with Gasteiger partial charge in [-0.15, -0.1) is 0 Å². The molecule has 2 atom stereocenters. The van der Waals surface area contributed by atoms with Crippen molar-refractivity contribution in [2.75, 3.05) is 13.1 Å². The minimum atomic E-state index is -0.0742. The molecule has 0 aliphatic carbocycles. The lowest BCUT2D eigenvalue weighted by Gasteiger charge is -2.23. The van der Waals surface area contributed by atoms with Crippen LogP contribution < -0.4 is 0 Å². The lowest BCUT2D eigenvalue weighted by Crippen LogP contribution is -2.32. The van der Waals surface area contributed by atoms with Crippen molar-refractivity contribution in [1.29, 1.82) is 0 Å². The second kappa shape index (κ2) is 13.0. The molecule has 9 rings (SSSR count). The number of imidazole rings is 2. The van der Waals surface area contributed by atoms with Crippen molar-refractivity contribution in [1.82, 2.24) is 34.7 Å². The van der Waals surface area contributed by atoms with Crippen molar-refractivity contribution >= 4 is 33.9 Å². The average molecular weight is 676 g/mol. The molecule has 0 unspecified atom stereocenters. The van der Waals surface area contributed by atoms with Gasteiger partial charge < -0.3 is 24.2 Å². The Morgan fingerprint density at radius 1 is 0.667 bits per heavy atom. The average Bonchev–Trinajstić information content (AvgIpc) is 4.00. The van der Waals surface area contributed by atoms with Crippen LogP contribution in [0.15, 0.2) is 108 Å². The van der Waals surface area contributed by atoms with Gasteiger partial charge in [-0.05, 0) is 73.2 Å². The predicted molar refractivity (Wildman–Crippen MR) is 194 cm³/mol. The SMILES string of the molecule is O=C(Cc1ccccc1)N1CCC[C@H]1c1nc2ccc(-c3cnc(-c4ccc5nc([C@@H]6CCCN6C(=O)Cc6ccccc6)[nH]c5c4)o3)cc2[nH]1.